The number of rotatable bonds is 4. The second-order valence-electron chi connectivity index (χ2n) is 4.68. The Morgan fingerprint density at radius 2 is 2.21 bits per heavy atom. The van der Waals surface area contributed by atoms with Gasteiger partial charge in [-0.25, -0.2) is 4.98 Å². The van der Waals surface area contributed by atoms with Gasteiger partial charge in [-0.05, 0) is 37.3 Å². The van der Waals surface area contributed by atoms with Crippen molar-refractivity contribution in [2.75, 3.05) is 5.32 Å². The maximum Gasteiger partial charge on any atom is 0.258 e. The lowest BCUT2D eigenvalue weighted by Crippen LogP contribution is -2.44. The lowest BCUT2D eigenvalue weighted by molar-refractivity contribution is 0.268. The largest absolute Gasteiger partial charge is 0.349 e. The second kappa shape index (κ2) is 4.73. The Hall–Kier alpha value is -1.76. The molecule has 1 fully saturated rings. The minimum atomic E-state index is 0.102. The highest BCUT2D eigenvalue weighted by molar-refractivity contribution is 6.28. The maximum absolute atomic E-state index is 5.94. The Morgan fingerprint density at radius 1 is 1.37 bits per heavy atom. The summed E-state index contributed by atoms with van der Waals surface area (Å²) in [6.07, 6.45) is 7.47. The molecule has 8 heteroatoms. The summed E-state index contributed by atoms with van der Waals surface area (Å²) in [7, 11) is 0. The average molecular weight is 280 g/mol. The first-order valence-electron chi connectivity index (χ1n) is 6.25. The van der Waals surface area contributed by atoms with E-state index in [1.165, 1.54) is 23.8 Å². The zero-order valence-corrected chi connectivity index (χ0v) is 11.3. The molecular formula is C11H14ClN7. The molecule has 2 aromatic heterocycles. The Bertz CT molecular complexity index is 559. The Balaban J connectivity index is 1.90. The monoisotopic (exact) mass is 279 g/mol. The lowest BCUT2D eigenvalue weighted by atomic mass is 9.75. The number of hydrogen-bond donors (Lipinski definition) is 1. The Morgan fingerprint density at radius 3 is 2.79 bits per heavy atom. The molecule has 0 radical (unpaired) electrons. The molecular weight excluding hydrogens is 266 g/mol. The molecule has 0 saturated heterocycles. The number of anilines is 1. The normalized spacial score (nSPS) is 16.9. The van der Waals surface area contributed by atoms with E-state index in [1.807, 2.05) is 0 Å². The topological polar surface area (TPSA) is 81.4 Å². The van der Waals surface area contributed by atoms with E-state index >= 15 is 0 Å². The number of halogens is 1. The van der Waals surface area contributed by atoms with Gasteiger partial charge in [0.05, 0.1) is 0 Å². The van der Waals surface area contributed by atoms with Gasteiger partial charge in [-0.1, -0.05) is 6.92 Å². The van der Waals surface area contributed by atoms with E-state index in [0.29, 0.717) is 11.9 Å². The van der Waals surface area contributed by atoms with Crippen LogP contribution in [0, 0.1) is 0 Å². The van der Waals surface area contributed by atoms with Crippen LogP contribution in [0.25, 0.3) is 5.95 Å². The van der Waals surface area contributed by atoms with Gasteiger partial charge in [-0.3, -0.25) is 0 Å². The quantitative estimate of drug-likeness (QED) is 0.920. The molecule has 3 rings (SSSR count). The van der Waals surface area contributed by atoms with Gasteiger partial charge in [-0.15, -0.1) is 0 Å². The molecule has 0 atom stereocenters. The van der Waals surface area contributed by atoms with Crippen LogP contribution in [0.2, 0.25) is 5.28 Å². The second-order valence-corrected chi connectivity index (χ2v) is 5.02. The van der Waals surface area contributed by atoms with Crippen LogP contribution in [-0.4, -0.2) is 35.3 Å². The Labute approximate surface area is 115 Å². The molecule has 0 aromatic carbocycles. The van der Waals surface area contributed by atoms with Gasteiger partial charge >= 0.3 is 0 Å². The van der Waals surface area contributed by atoms with Crippen molar-refractivity contribution < 1.29 is 0 Å². The third-order valence-electron chi connectivity index (χ3n) is 3.58. The molecule has 1 saturated carbocycles. The van der Waals surface area contributed by atoms with Crippen molar-refractivity contribution in [3.63, 3.8) is 0 Å². The number of nitrogens with one attached hydrogen (secondary N) is 1. The molecule has 1 aliphatic carbocycles. The minimum absolute atomic E-state index is 0.102. The van der Waals surface area contributed by atoms with E-state index in [1.54, 1.807) is 0 Å². The van der Waals surface area contributed by atoms with Gasteiger partial charge in [0.25, 0.3) is 5.95 Å². The summed E-state index contributed by atoms with van der Waals surface area (Å²) in [6, 6.07) is 0. The lowest BCUT2D eigenvalue weighted by Gasteiger charge is -2.41. The number of nitrogens with zero attached hydrogens (tertiary/aromatic N) is 6. The molecule has 2 heterocycles. The molecule has 1 N–H and O–H groups in total. The highest BCUT2D eigenvalue weighted by atomic mass is 35.5. The number of aromatic nitrogens is 6. The predicted octanol–water partition coefficient (Wildman–Crippen LogP) is 1.85. The zero-order chi connectivity index (χ0) is 13.3. The third-order valence-corrected chi connectivity index (χ3v) is 3.75. The fourth-order valence-electron chi connectivity index (χ4n) is 2.22. The molecule has 0 bridgehead atoms. The van der Waals surface area contributed by atoms with Crippen LogP contribution in [0.5, 0.6) is 0 Å². The van der Waals surface area contributed by atoms with Gasteiger partial charge < -0.3 is 5.32 Å². The standard InChI is InChI=1S/C11H14ClN7/c1-2-11(4-3-5-11)18-9-15-8(12)16-10(17-9)19-7-13-6-14-19/h6-7H,2-5H2,1H3,(H,15,16,17,18). The first kappa shape index (κ1) is 12.3. The van der Waals surface area contributed by atoms with E-state index in [9.17, 15) is 0 Å². The Kier molecular flexibility index (Phi) is 3.06. The van der Waals surface area contributed by atoms with E-state index in [4.69, 9.17) is 11.6 Å². The molecule has 7 nitrogen and oxygen atoms in total. The van der Waals surface area contributed by atoms with Crippen LogP contribution in [0.4, 0.5) is 5.95 Å². The van der Waals surface area contributed by atoms with Crippen LogP contribution in [0.1, 0.15) is 32.6 Å². The van der Waals surface area contributed by atoms with Gasteiger partial charge in [0.2, 0.25) is 11.2 Å². The SMILES string of the molecule is CCC1(Nc2nc(Cl)nc(-n3cncn3)n2)CCC1. The van der Waals surface area contributed by atoms with Crippen LogP contribution in [0.15, 0.2) is 12.7 Å². The van der Waals surface area contributed by atoms with Gasteiger partial charge in [0.15, 0.2) is 0 Å². The molecule has 0 unspecified atom stereocenters. The minimum Gasteiger partial charge on any atom is -0.349 e. The summed E-state index contributed by atoms with van der Waals surface area (Å²) in [4.78, 5) is 16.4. The van der Waals surface area contributed by atoms with E-state index in [-0.39, 0.29) is 10.8 Å². The van der Waals surface area contributed by atoms with Crippen molar-refractivity contribution in [2.24, 2.45) is 0 Å². The molecule has 0 amide bonds. The number of hydrogen-bond acceptors (Lipinski definition) is 6. The molecule has 2 aromatic rings. The highest BCUT2D eigenvalue weighted by Gasteiger charge is 2.35. The molecule has 0 aliphatic heterocycles. The van der Waals surface area contributed by atoms with Crippen molar-refractivity contribution in [1.29, 1.82) is 0 Å². The summed E-state index contributed by atoms with van der Waals surface area (Å²) < 4.78 is 1.46. The molecule has 0 spiro atoms. The third kappa shape index (κ3) is 2.37. The van der Waals surface area contributed by atoms with Crippen LogP contribution >= 0.6 is 11.6 Å². The molecule has 1 aliphatic rings. The molecule has 100 valence electrons. The van der Waals surface area contributed by atoms with Crippen molar-refractivity contribution in [1.82, 2.24) is 29.7 Å². The van der Waals surface area contributed by atoms with Crippen molar-refractivity contribution >= 4 is 17.5 Å². The average Bonchev–Trinajstić information content (AvgIpc) is 2.87. The van der Waals surface area contributed by atoms with Crippen LogP contribution in [-0.2, 0) is 0 Å². The maximum atomic E-state index is 5.94. The smallest absolute Gasteiger partial charge is 0.258 e. The highest BCUT2D eigenvalue weighted by Crippen LogP contribution is 2.37. The summed E-state index contributed by atoms with van der Waals surface area (Å²) in [5, 5.41) is 7.51. The van der Waals surface area contributed by atoms with Crippen molar-refractivity contribution in [3.8, 4) is 5.95 Å². The van der Waals surface area contributed by atoms with E-state index in [0.717, 1.165) is 19.3 Å². The molecule has 19 heavy (non-hydrogen) atoms. The zero-order valence-electron chi connectivity index (χ0n) is 10.5. The fraction of sp³-hybridized carbons (Fsp3) is 0.545. The van der Waals surface area contributed by atoms with Crippen LogP contribution < -0.4 is 5.32 Å². The first-order valence-corrected chi connectivity index (χ1v) is 6.63. The first-order chi connectivity index (χ1) is 9.21. The van der Waals surface area contributed by atoms with Gasteiger partial charge in [-0.2, -0.15) is 24.7 Å². The van der Waals surface area contributed by atoms with Gasteiger partial charge in [0.1, 0.15) is 12.7 Å². The fourth-order valence-corrected chi connectivity index (χ4v) is 2.37. The van der Waals surface area contributed by atoms with Crippen molar-refractivity contribution in [3.05, 3.63) is 17.9 Å². The predicted molar refractivity (Wildman–Crippen MR) is 70.2 cm³/mol. The van der Waals surface area contributed by atoms with E-state index < -0.39 is 0 Å². The van der Waals surface area contributed by atoms with Crippen LogP contribution in [0.3, 0.4) is 0 Å². The summed E-state index contributed by atoms with van der Waals surface area (Å²) in [5.41, 5.74) is 0.102. The summed E-state index contributed by atoms with van der Waals surface area (Å²) in [5.74, 6) is 0.859. The van der Waals surface area contributed by atoms with Crippen molar-refractivity contribution in [2.45, 2.75) is 38.1 Å². The summed E-state index contributed by atoms with van der Waals surface area (Å²) in [6.45, 7) is 2.16. The summed E-state index contributed by atoms with van der Waals surface area (Å²) >= 11 is 5.94. The van der Waals surface area contributed by atoms with Gasteiger partial charge in [0, 0.05) is 5.54 Å². The van der Waals surface area contributed by atoms with E-state index in [2.05, 4.69) is 37.3 Å².